The third-order valence-corrected chi connectivity index (χ3v) is 5.21. The minimum atomic E-state index is -0.272. The summed E-state index contributed by atoms with van der Waals surface area (Å²) < 4.78 is 18.7. The van der Waals surface area contributed by atoms with Gasteiger partial charge in [-0.15, -0.1) is 0 Å². The van der Waals surface area contributed by atoms with Gasteiger partial charge >= 0.3 is 5.97 Å². The van der Waals surface area contributed by atoms with Crippen molar-refractivity contribution in [3.8, 4) is 11.1 Å². The van der Waals surface area contributed by atoms with Gasteiger partial charge in [0.25, 0.3) is 0 Å². The molecule has 0 spiro atoms. The number of allylic oxidation sites excluding steroid dienone is 1. The molecule has 0 bridgehead atoms. The molecule has 0 saturated heterocycles. The van der Waals surface area contributed by atoms with Crippen LogP contribution in [0.5, 0.6) is 0 Å². The van der Waals surface area contributed by atoms with Gasteiger partial charge in [-0.1, -0.05) is 67.4 Å². The number of esters is 1. The van der Waals surface area contributed by atoms with Crippen molar-refractivity contribution >= 4 is 29.2 Å². The zero-order chi connectivity index (χ0) is 18.9. The first-order chi connectivity index (χ1) is 12.3. The predicted molar refractivity (Wildman–Crippen MR) is 102 cm³/mol. The highest BCUT2D eigenvalue weighted by Crippen LogP contribution is 2.60. The quantitative estimate of drug-likeness (QED) is 0.572. The third-order valence-electron chi connectivity index (χ3n) is 4.96. The van der Waals surface area contributed by atoms with E-state index in [0.29, 0.717) is 0 Å². The molecule has 0 heterocycles. The minimum absolute atomic E-state index is 0.00875. The molecule has 26 heavy (non-hydrogen) atoms. The lowest BCUT2D eigenvalue weighted by molar-refractivity contribution is -0.147. The monoisotopic (exact) mass is 392 g/mol. The van der Waals surface area contributed by atoms with Gasteiger partial charge in [0.1, 0.15) is 16.9 Å². The van der Waals surface area contributed by atoms with Gasteiger partial charge in [-0.05, 0) is 52.3 Å². The van der Waals surface area contributed by atoms with Crippen LogP contribution in [-0.4, -0.2) is 5.97 Å². The number of hydrogen-bond donors (Lipinski definition) is 0. The molecule has 0 aliphatic heterocycles. The highest BCUT2D eigenvalue weighted by molar-refractivity contribution is 6.55. The second-order valence-corrected chi connectivity index (χ2v) is 8.10. The Morgan fingerprint density at radius 1 is 1.15 bits per heavy atom. The average Bonchev–Trinajstić information content (AvgIpc) is 3.13. The van der Waals surface area contributed by atoms with Gasteiger partial charge in [0.2, 0.25) is 0 Å². The van der Waals surface area contributed by atoms with E-state index in [2.05, 4.69) is 0 Å². The maximum atomic E-state index is 13.1. The molecule has 5 heteroatoms. The maximum absolute atomic E-state index is 13.1. The fourth-order valence-corrected chi connectivity index (χ4v) is 3.57. The number of rotatable bonds is 5. The molecular formula is C21H19Cl2FO2. The van der Waals surface area contributed by atoms with Crippen LogP contribution in [0.4, 0.5) is 4.39 Å². The van der Waals surface area contributed by atoms with Gasteiger partial charge in [0.15, 0.2) is 0 Å². The molecule has 0 aromatic heterocycles. The number of halogens is 3. The standard InChI is InChI=1S/C21H19Cl2FO2/c1-21(2)17(11-18(22)23)19(21)20(25)26-12-13-4-3-5-15(10-13)14-6-8-16(24)9-7-14/h3-11,17,19H,12H2,1-2H3/t17-,19-/m0/s1. The van der Waals surface area contributed by atoms with Gasteiger partial charge < -0.3 is 4.74 Å². The number of carbonyl (C=O) groups excluding carboxylic acids is 1. The number of ether oxygens (including phenoxy) is 1. The first kappa shape index (κ1) is 18.9. The van der Waals surface area contributed by atoms with Crippen molar-refractivity contribution in [2.24, 2.45) is 17.3 Å². The summed E-state index contributed by atoms with van der Waals surface area (Å²) in [5, 5.41) is 0. The smallest absolute Gasteiger partial charge is 0.310 e. The Morgan fingerprint density at radius 3 is 2.50 bits per heavy atom. The first-order valence-corrected chi connectivity index (χ1v) is 9.09. The van der Waals surface area contributed by atoms with E-state index in [1.807, 2.05) is 38.1 Å². The van der Waals surface area contributed by atoms with Gasteiger partial charge in [0, 0.05) is 0 Å². The molecule has 0 N–H and O–H groups in total. The lowest BCUT2D eigenvalue weighted by Gasteiger charge is -2.08. The lowest BCUT2D eigenvalue weighted by atomic mass is 10.0. The van der Waals surface area contributed by atoms with Crippen molar-refractivity contribution < 1.29 is 13.9 Å². The van der Waals surface area contributed by atoms with Crippen LogP contribution < -0.4 is 0 Å². The Kier molecular flexibility index (Phi) is 5.40. The highest BCUT2D eigenvalue weighted by atomic mass is 35.5. The summed E-state index contributed by atoms with van der Waals surface area (Å²) in [5.41, 5.74) is 2.52. The molecule has 0 unspecified atom stereocenters. The van der Waals surface area contributed by atoms with Gasteiger partial charge in [0.05, 0.1) is 5.92 Å². The SMILES string of the molecule is CC1(C)[C@H](C(=O)OCc2cccc(-c3ccc(F)cc3)c2)[C@@H]1C=C(Cl)Cl. The van der Waals surface area contributed by atoms with E-state index in [0.717, 1.165) is 16.7 Å². The minimum Gasteiger partial charge on any atom is -0.461 e. The average molecular weight is 393 g/mol. The molecule has 1 aliphatic rings. The van der Waals surface area contributed by atoms with E-state index >= 15 is 0 Å². The molecule has 0 amide bonds. The molecule has 2 atom stereocenters. The third kappa shape index (κ3) is 4.11. The Labute approximate surface area is 162 Å². The molecule has 1 saturated carbocycles. The summed E-state index contributed by atoms with van der Waals surface area (Å²) in [5.74, 6) is -0.773. The Bertz CT molecular complexity index is 839. The summed E-state index contributed by atoms with van der Waals surface area (Å²) in [7, 11) is 0. The molecule has 1 fully saturated rings. The van der Waals surface area contributed by atoms with Crippen LogP contribution >= 0.6 is 23.2 Å². The largest absolute Gasteiger partial charge is 0.461 e. The van der Waals surface area contributed by atoms with Crippen LogP contribution in [-0.2, 0) is 16.1 Å². The van der Waals surface area contributed by atoms with Crippen molar-refractivity contribution in [2.45, 2.75) is 20.5 Å². The zero-order valence-corrected chi connectivity index (χ0v) is 16.0. The summed E-state index contributed by atoms with van der Waals surface area (Å²) in [4.78, 5) is 12.4. The van der Waals surface area contributed by atoms with Gasteiger partial charge in [-0.2, -0.15) is 0 Å². The fourth-order valence-electron chi connectivity index (χ4n) is 3.30. The van der Waals surface area contributed by atoms with Crippen LogP contribution in [0.3, 0.4) is 0 Å². The van der Waals surface area contributed by atoms with E-state index in [-0.39, 0.29) is 40.1 Å². The van der Waals surface area contributed by atoms with E-state index in [1.165, 1.54) is 12.1 Å². The van der Waals surface area contributed by atoms with Crippen LogP contribution in [0.2, 0.25) is 0 Å². The molecule has 2 aromatic carbocycles. The molecule has 2 nitrogen and oxygen atoms in total. The van der Waals surface area contributed by atoms with Crippen molar-refractivity contribution in [3.63, 3.8) is 0 Å². The number of benzene rings is 2. The highest BCUT2D eigenvalue weighted by Gasteiger charge is 2.61. The topological polar surface area (TPSA) is 26.3 Å². The second-order valence-electron chi connectivity index (χ2n) is 7.10. The Hall–Kier alpha value is -1.84. The van der Waals surface area contributed by atoms with Crippen molar-refractivity contribution in [2.75, 3.05) is 0 Å². The van der Waals surface area contributed by atoms with Crippen molar-refractivity contribution in [3.05, 3.63) is 70.5 Å². The number of hydrogen-bond acceptors (Lipinski definition) is 2. The summed E-state index contributed by atoms with van der Waals surface area (Å²) in [6, 6.07) is 13.9. The van der Waals surface area contributed by atoms with E-state index in [1.54, 1.807) is 18.2 Å². The molecule has 2 aromatic rings. The number of carbonyl (C=O) groups is 1. The summed E-state index contributed by atoms with van der Waals surface area (Å²) in [6.07, 6.45) is 1.70. The maximum Gasteiger partial charge on any atom is 0.310 e. The summed E-state index contributed by atoms with van der Waals surface area (Å²) >= 11 is 11.4. The van der Waals surface area contributed by atoms with E-state index in [9.17, 15) is 9.18 Å². The zero-order valence-electron chi connectivity index (χ0n) is 14.5. The second kappa shape index (κ2) is 7.42. The normalized spacial score (nSPS) is 20.3. The lowest BCUT2D eigenvalue weighted by Crippen LogP contribution is -2.10. The molecule has 0 radical (unpaired) electrons. The van der Waals surface area contributed by atoms with Crippen LogP contribution in [0.15, 0.2) is 59.1 Å². The van der Waals surface area contributed by atoms with Crippen LogP contribution in [0, 0.1) is 23.1 Å². The van der Waals surface area contributed by atoms with E-state index < -0.39 is 0 Å². The first-order valence-electron chi connectivity index (χ1n) is 8.33. The van der Waals surface area contributed by atoms with Crippen LogP contribution in [0.1, 0.15) is 19.4 Å². The summed E-state index contributed by atoms with van der Waals surface area (Å²) in [6.45, 7) is 4.17. The molecule has 136 valence electrons. The molecular weight excluding hydrogens is 374 g/mol. The Balaban J connectivity index is 1.65. The van der Waals surface area contributed by atoms with Crippen LogP contribution in [0.25, 0.3) is 11.1 Å². The van der Waals surface area contributed by atoms with Crippen molar-refractivity contribution in [1.29, 1.82) is 0 Å². The van der Waals surface area contributed by atoms with Gasteiger partial charge in [-0.3, -0.25) is 4.79 Å². The molecule has 3 rings (SSSR count). The Morgan fingerprint density at radius 2 is 1.85 bits per heavy atom. The molecule has 1 aliphatic carbocycles. The predicted octanol–water partition coefficient (Wildman–Crippen LogP) is 6.13. The van der Waals surface area contributed by atoms with Crippen molar-refractivity contribution in [1.82, 2.24) is 0 Å². The van der Waals surface area contributed by atoms with E-state index in [4.69, 9.17) is 27.9 Å². The fraction of sp³-hybridized carbons (Fsp3) is 0.286. The van der Waals surface area contributed by atoms with Gasteiger partial charge in [-0.25, -0.2) is 4.39 Å².